The molecule has 2 N–H and O–H groups in total. The minimum atomic E-state index is -0.404. The van der Waals surface area contributed by atoms with E-state index in [2.05, 4.69) is 10.6 Å². The molecule has 1 aliphatic rings. The summed E-state index contributed by atoms with van der Waals surface area (Å²) >= 11 is 7.83. The molecule has 31 heavy (non-hydrogen) atoms. The van der Waals surface area contributed by atoms with E-state index < -0.39 is 5.91 Å². The number of halogens is 1. The minimum Gasteiger partial charge on any atom is -0.449 e. The Morgan fingerprint density at radius 1 is 1.13 bits per heavy atom. The van der Waals surface area contributed by atoms with Gasteiger partial charge in [0.25, 0.3) is 11.8 Å². The summed E-state index contributed by atoms with van der Waals surface area (Å²) in [5.74, 6) is -0.0455. The van der Waals surface area contributed by atoms with Crippen LogP contribution in [0.15, 0.2) is 77.4 Å². The van der Waals surface area contributed by atoms with Gasteiger partial charge in [0.05, 0.1) is 5.69 Å². The number of nitrogens with one attached hydrogen (secondary N) is 2. The Hall–Kier alpha value is -3.22. The van der Waals surface area contributed by atoms with E-state index in [0.29, 0.717) is 34.1 Å². The third-order valence-electron chi connectivity index (χ3n) is 4.74. The zero-order valence-electron chi connectivity index (χ0n) is 16.6. The molecule has 0 radical (unpaired) electrons. The largest absolute Gasteiger partial charge is 0.449 e. The number of benzene rings is 3. The molecule has 0 spiro atoms. The number of fused-ring (bicyclic) bond motifs is 1. The number of hydrogen-bond donors (Lipinski definition) is 2. The highest BCUT2D eigenvalue weighted by Gasteiger charge is 2.23. The lowest BCUT2D eigenvalue weighted by molar-refractivity contribution is -0.115. The first-order chi connectivity index (χ1) is 15.0. The van der Waals surface area contributed by atoms with E-state index in [1.54, 1.807) is 48.2 Å². The molecule has 0 atom stereocenters. The number of rotatable bonds is 5. The fraction of sp³-hybridized carbons (Fsp3) is 0.0833. The van der Waals surface area contributed by atoms with Gasteiger partial charge in [-0.3, -0.25) is 9.59 Å². The van der Waals surface area contributed by atoms with Gasteiger partial charge in [0, 0.05) is 22.0 Å². The van der Waals surface area contributed by atoms with Gasteiger partial charge in [0.1, 0.15) is 0 Å². The van der Waals surface area contributed by atoms with Gasteiger partial charge < -0.3 is 15.4 Å². The minimum absolute atomic E-state index is 0.131. The Bertz CT molecular complexity index is 1180. The van der Waals surface area contributed by atoms with Crippen LogP contribution in [0.1, 0.15) is 21.5 Å². The van der Waals surface area contributed by atoms with Crippen LogP contribution in [0.4, 0.5) is 5.69 Å². The third-order valence-corrected chi connectivity index (χ3v) is 5.83. The lowest BCUT2D eigenvalue weighted by Gasteiger charge is -2.20. The van der Waals surface area contributed by atoms with Crippen molar-refractivity contribution < 1.29 is 14.3 Å². The van der Waals surface area contributed by atoms with E-state index in [0.717, 1.165) is 5.56 Å². The van der Waals surface area contributed by atoms with Gasteiger partial charge in [-0.1, -0.05) is 41.9 Å². The Balaban J connectivity index is 1.46. The van der Waals surface area contributed by atoms with Crippen LogP contribution >= 0.6 is 23.4 Å². The highest BCUT2D eigenvalue weighted by molar-refractivity contribution is 7.98. The van der Waals surface area contributed by atoms with Crippen LogP contribution in [0, 0.1) is 0 Å². The normalized spacial score (nSPS) is 13.9. The van der Waals surface area contributed by atoms with Crippen LogP contribution in [0.5, 0.6) is 5.75 Å². The molecule has 2 amide bonds. The summed E-state index contributed by atoms with van der Waals surface area (Å²) in [6.07, 6.45) is 3.61. The molecule has 156 valence electrons. The molecule has 0 saturated heterocycles. The molecule has 3 aromatic rings. The van der Waals surface area contributed by atoms with Crippen LogP contribution in [-0.4, -0.2) is 18.1 Å². The third kappa shape index (κ3) is 4.93. The summed E-state index contributed by atoms with van der Waals surface area (Å²) in [5.41, 5.74) is 2.56. The highest BCUT2D eigenvalue weighted by atomic mass is 35.5. The van der Waals surface area contributed by atoms with Crippen molar-refractivity contribution in [2.24, 2.45) is 0 Å². The monoisotopic (exact) mass is 450 g/mol. The Morgan fingerprint density at radius 2 is 1.90 bits per heavy atom. The Kier molecular flexibility index (Phi) is 6.30. The highest BCUT2D eigenvalue weighted by Crippen LogP contribution is 2.33. The van der Waals surface area contributed by atoms with E-state index in [4.69, 9.17) is 16.3 Å². The predicted molar refractivity (Wildman–Crippen MR) is 125 cm³/mol. The fourth-order valence-electron chi connectivity index (χ4n) is 3.06. The van der Waals surface area contributed by atoms with Crippen LogP contribution in [0.3, 0.4) is 0 Å². The summed E-state index contributed by atoms with van der Waals surface area (Å²) in [6.45, 7) is 0.415. The molecular formula is C24H19ClN2O3S. The second kappa shape index (κ2) is 9.29. The van der Waals surface area contributed by atoms with Crippen molar-refractivity contribution >= 4 is 46.9 Å². The van der Waals surface area contributed by atoms with Crippen molar-refractivity contribution in [1.29, 1.82) is 0 Å². The molecule has 7 heteroatoms. The van der Waals surface area contributed by atoms with Crippen molar-refractivity contribution in [1.82, 2.24) is 5.32 Å². The molecule has 0 aromatic heterocycles. The van der Waals surface area contributed by atoms with Crippen LogP contribution in [0.25, 0.3) is 6.08 Å². The van der Waals surface area contributed by atoms with Gasteiger partial charge in [-0.05, 0) is 59.9 Å². The fourth-order valence-corrected chi connectivity index (χ4v) is 3.66. The first-order valence-corrected chi connectivity index (χ1v) is 11.1. The molecule has 0 unspecified atom stereocenters. The molecule has 4 rings (SSSR count). The predicted octanol–water partition coefficient (Wildman–Crippen LogP) is 5.36. The summed E-state index contributed by atoms with van der Waals surface area (Å²) < 4.78 is 5.75. The number of anilines is 1. The number of carbonyl (C=O) groups is 2. The molecule has 3 aromatic carbocycles. The zero-order valence-corrected chi connectivity index (χ0v) is 18.2. The van der Waals surface area contributed by atoms with Gasteiger partial charge >= 0.3 is 0 Å². The van der Waals surface area contributed by atoms with Crippen LogP contribution in [-0.2, 0) is 11.3 Å². The second-order valence-corrected chi connectivity index (χ2v) is 8.11. The lowest BCUT2D eigenvalue weighted by Crippen LogP contribution is -2.25. The SMILES string of the molecule is CSc1ccc(CNC(=O)c2ccc3c(c2)NC(=O)C(=Cc2ccccc2Cl)O3)cc1. The quantitative estimate of drug-likeness (QED) is 0.405. The van der Waals surface area contributed by atoms with Gasteiger partial charge in [-0.15, -0.1) is 11.8 Å². The average molecular weight is 451 g/mol. The summed E-state index contributed by atoms with van der Waals surface area (Å²) in [6, 6.07) is 20.1. The maximum absolute atomic E-state index is 12.6. The van der Waals surface area contributed by atoms with Crippen LogP contribution < -0.4 is 15.4 Å². The molecule has 0 bridgehead atoms. The first kappa shape index (κ1) is 21.0. The van der Waals surface area contributed by atoms with Crippen molar-refractivity contribution in [2.75, 3.05) is 11.6 Å². The van der Waals surface area contributed by atoms with Crippen molar-refractivity contribution in [2.45, 2.75) is 11.4 Å². The van der Waals surface area contributed by atoms with Crippen LogP contribution in [0.2, 0.25) is 5.02 Å². The van der Waals surface area contributed by atoms with Crippen molar-refractivity contribution in [3.05, 3.63) is 94.2 Å². The molecule has 0 saturated carbocycles. The summed E-state index contributed by atoms with van der Waals surface area (Å²) in [4.78, 5) is 26.2. The zero-order chi connectivity index (χ0) is 21.8. The van der Waals surface area contributed by atoms with Gasteiger partial charge in [0.15, 0.2) is 11.5 Å². The van der Waals surface area contributed by atoms with Crippen molar-refractivity contribution in [3.63, 3.8) is 0 Å². The van der Waals surface area contributed by atoms with E-state index >= 15 is 0 Å². The second-order valence-electron chi connectivity index (χ2n) is 6.83. The molecule has 0 aliphatic carbocycles. The van der Waals surface area contributed by atoms with Gasteiger partial charge in [-0.2, -0.15) is 0 Å². The number of ether oxygens (including phenoxy) is 1. The lowest BCUT2D eigenvalue weighted by atomic mass is 10.1. The van der Waals surface area contributed by atoms with E-state index in [-0.39, 0.29) is 11.7 Å². The standard InChI is InChI=1S/C24H19ClN2O3S/c1-31-18-9-6-15(7-10-18)14-26-23(28)17-8-11-21-20(12-17)27-24(29)22(30-21)13-16-4-2-3-5-19(16)25/h2-13H,14H2,1H3,(H,26,28)(H,27,29). The maximum Gasteiger partial charge on any atom is 0.291 e. The Labute approximate surface area is 189 Å². The van der Waals surface area contributed by atoms with Crippen molar-refractivity contribution in [3.8, 4) is 5.75 Å². The molecule has 1 aliphatic heterocycles. The topological polar surface area (TPSA) is 67.4 Å². The summed E-state index contributed by atoms with van der Waals surface area (Å²) in [5, 5.41) is 6.19. The van der Waals surface area contributed by atoms with E-state index in [1.807, 2.05) is 42.7 Å². The maximum atomic E-state index is 12.6. The number of thioether (sulfide) groups is 1. The molecule has 0 fully saturated rings. The molecule has 1 heterocycles. The molecule has 5 nitrogen and oxygen atoms in total. The first-order valence-electron chi connectivity index (χ1n) is 9.54. The van der Waals surface area contributed by atoms with E-state index in [9.17, 15) is 9.59 Å². The molecular weight excluding hydrogens is 432 g/mol. The average Bonchev–Trinajstić information content (AvgIpc) is 2.79. The van der Waals surface area contributed by atoms with Gasteiger partial charge in [0.2, 0.25) is 0 Å². The number of hydrogen-bond acceptors (Lipinski definition) is 4. The van der Waals surface area contributed by atoms with Gasteiger partial charge in [-0.25, -0.2) is 0 Å². The summed E-state index contributed by atoms with van der Waals surface area (Å²) in [7, 11) is 0. The Morgan fingerprint density at radius 3 is 2.65 bits per heavy atom. The number of amides is 2. The van der Waals surface area contributed by atoms with E-state index in [1.165, 1.54) is 4.90 Å². The smallest absolute Gasteiger partial charge is 0.291 e. The number of carbonyl (C=O) groups excluding carboxylic acids is 2.